The Bertz CT molecular complexity index is 559. The summed E-state index contributed by atoms with van der Waals surface area (Å²) in [6.07, 6.45) is 2.50. The smallest absolute Gasteiger partial charge is 0.204 e. The van der Waals surface area contributed by atoms with Crippen LogP contribution < -0.4 is 0 Å². The molecule has 1 saturated heterocycles. The normalized spacial score (nSPS) is 16.7. The molecular weight excluding hydrogens is 232 g/mol. The lowest BCUT2D eigenvalue weighted by molar-refractivity contribution is 0.463. The van der Waals surface area contributed by atoms with Crippen LogP contribution in [-0.2, 0) is 10.9 Å². The largest absolute Gasteiger partial charge is 0.507 e. The average molecular weight is 247 g/mol. The minimum Gasteiger partial charge on any atom is -0.507 e. The third-order valence-corrected chi connectivity index (χ3v) is 5.86. The molecule has 0 atom stereocenters. The second-order valence-corrected chi connectivity index (χ2v) is 6.60. The number of hydrogen-bond acceptors (Lipinski definition) is 2. The van der Waals surface area contributed by atoms with Crippen LogP contribution in [0.15, 0.2) is 35.2 Å². The second-order valence-electron chi connectivity index (χ2n) is 4.39. The molecule has 0 aromatic heterocycles. The molecule has 2 aromatic rings. The fraction of sp³-hybridized carbons (Fsp3) is 0.286. The topological polar surface area (TPSA) is 40.5 Å². The second kappa shape index (κ2) is 4.15. The molecule has 1 aliphatic rings. The van der Waals surface area contributed by atoms with Crippen LogP contribution in [0, 0.1) is 0 Å². The lowest BCUT2D eigenvalue weighted by atomic mass is 10.1. The van der Waals surface area contributed by atoms with Gasteiger partial charge < -0.3 is 10.2 Å². The summed E-state index contributed by atoms with van der Waals surface area (Å²) in [5.74, 6) is 3.02. The minimum atomic E-state index is 0.154. The van der Waals surface area contributed by atoms with E-state index >= 15 is 0 Å². The molecule has 3 rings (SSSR count). The van der Waals surface area contributed by atoms with Gasteiger partial charge in [-0.25, -0.2) is 0 Å². The number of phenols is 2. The zero-order valence-electron chi connectivity index (χ0n) is 9.52. The van der Waals surface area contributed by atoms with Gasteiger partial charge >= 0.3 is 0 Å². The third-order valence-electron chi connectivity index (χ3n) is 3.29. The molecule has 2 N–H and O–H groups in total. The molecule has 88 valence electrons. The standard InChI is InChI=1S/C14H14O2S/c15-12-5-3-4-11-10(12)6-7-13(16)14(11)17-8-1-2-9-17/h3-7H,1-2,8-9H2,(H-,15,16)/p+1. The Kier molecular flexibility index (Phi) is 2.63. The van der Waals surface area contributed by atoms with Crippen molar-refractivity contribution < 1.29 is 10.2 Å². The Morgan fingerprint density at radius 1 is 0.824 bits per heavy atom. The van der Waals surface area contributed by atoms with E-state index in [1.807, 2.05) is 12.1 Å². The first-order valence-corrected chi connectivity index (χ1v) is 7.45. The van der Waals surface area contributed by atoms with E-state index in [0.717, 1.165) is 15.7 Å². The van der Waals surface area contributed by atoms with Crippen molar-refractivity contribution in [2.45, 2.75) is 17.7 Å². The molecule has 0 spiro atoms. The predicted octanol–water partition coefficient (Wildman–Crippen LogP) is 3.02. The van der Waals surface area contributed by atoms with Crippen molar-refractivity contribution in [3.05, 3.63) is 30.3 Å². The molecule has 0 aliphatic carbocycles. The van der Waals surface area contributed by atoms with Gasteiger partial charge in [0.1, 0.15) is 17.3 Å². The first-order valence-electron chi connectivity index (χ1n) is 5.88. The Labute approximate surface area is 103 Å². The van der Waals surface area contributed by atoms with E-state index < -0.39 is 0 Å². The molecule has 2 nitrogen and oxygen atoms in total. The number of phenolic OH excluding ortho intramolecular Hbond substituents is 2. The summed E-state index contributed by atoms with van der Waals surface area (Å²) in [6.45, 7) is 0. The van der Waals surface area contributed by atoms with Gasteiger partial charge in [0.05, 0.1) is 0 Å². The Hall–Kier alpha value is -1.35. The van der Waals surface area contributed by atoms with E-state index in [1.54, 1.807) is 18.2 Å². The minimum absolute atomic E-state index is 0.154. The van der Waals surface area contributed by atoms with Crippen molar-refractivity contribution in [3.63, 3.8) is 0 Å². The van der Waals surface area contributed by atoms with Gasteiger partial charge in [0, 0.05) is 21.7 Å². The molecular formula is C14H15O2S+. The average Bonchev–Trinajstić information content (AvgIpc) is 2.82. The van der Waals surface area contributed by atoms with Gasteiger partial charge in [-0.05, 0) is 37.1 Å². The Morgan fingerprint density at radius 3 is 2.35 bits per heavy atom. The highest BCUT2D eigenvalue weighted by Crippen LogP contribution is 2.38. The monoisotopic (exact) mass is 247 g/mol. The van der Waals surface area contributed by atoms with Gasteiger partial charge in [-0.3, -0.25) is 0 Å². The lowest BCUT2D eigenvalue weighted by Crippen LogP contribution is -2.04. The van der Waals surface area contributed by atoms with Crippen LogP contribution >= 0.6 is 0 Å². The summed E-state index contributed by atoms with van der Waals surface area (Å²) in [7, 11) is 0.154. The van der Waals surface area contributed by atoms with Crippen LogP contribution in [0.3, 0.4) is 0 Å². The molecule has 0 radical (unpaired) electrons. The van der Waals surface area contributed by atoms with E-state index in [0.29, 0.717) is 11.5 Å². The van der Waals surface area contributed by atoms with Gasteiger partial charge in [-0.1, -0.05) is 6.07 Å². The summed E-state index contributed by atoms with van der Waals surface area (Å²) >= 11 is 0. The quantitative estimate of drug-likeness (QED) is 0.760. The van der Waals surface area contributed by atoms with E-state index in [-0.39, 0.29) is 10.9 Å². The zero-order chi connectivity index (χ0) is 11.8. The molecule has 0 amide bonds. The number of hydrogen-bond donors (Lipinski definition) is 2. The van der Waals surface area contributed by atoms with E-state index in [2.05, 4.69) is 0 Å². The highest BCUT2D eigenvalue weighted by molar-refractivity contribution is 7.97. The van der Waals surface area contributed by atoms with Crippen LogP contribution in [0.25, 0.3) is 10.8 Å². The van der Waals surface area contributed by atoms with Gasteiger partial charge in [-0.15, -0.1) is 0 Å². The van der Waals surface area contributed by atoms with Crippen molar-refractivity contribution in [3.8, 4) is 11.5 Å². The number of aromatic hydroxyl groups is 2. The molecule has 17 heavy (non-hydrogen) atoms. The molecule has 2 aromatic carbocycles. The summed E-state index contributed by atoms with van der Waals surface area (Å²) in [5.41, 5.74) is 0. The van der Waals surface area contributed by atoms with Crippen molar-refractivity contribution in [2.24, 2.45) is 0 Å². The van der Waals surface area contributed by atoms with E-state index in [4.69, 9.17) is 0 Å². The zero-order valence-corrected chi connectivity index (χ0v) is 10.3. The number of benzene rings is 2. The summed E-state index contributed by atoms with van der Waals surface area (Å²) in [5, 5.41) is 21.8. The van der Waals surface area contributed by atoms with Gasteiger partial charge in [0.15, 0.2) is 5.75 Å². The van der Waals surface area contributed by atoms with Crippen LogP contribution in [0.4, 0.5) is 0 Å². The maximum Gasteiger partial charge on any atom is 0.204 e. The molecule has 3 heteroatoms. The molecule has 0 bridgehead atoms. The van der Waals surface area contributed by atoms with Crippen molar-refractivity contribution >= 4 is 21.7 Å². The first kappa shape index (κ1) is 10.8. The first-order chi connectivity index (χ1) is 8.27. The maximum absolute atomic E-state index is 10.1. The summed E-state index contributed by atoms with van der Waals surface area (Å²) < 4.78 is 0. The van der Waals surface area contributed by atoms with Gasteiger partial charge in [0.25, 0.3) is 0 Å². The number of rotatable bonds is 1. The Morgan fingerprint density at radius 2 is 1.59 bits per heavy atom. The summed E-state index contributed by atoms with van der Waals surface area (Å²) in [6, 6.07) is 9.04. The highest BCUT2D eigenvalue weighted by Gasteiger charge is 2.31. The van der Waals surface area contributed by atoms with Crippen LogP contribution in [0.2, 0.25) is 0 Å². The maximum atomic E-state index is 10.1. The SMILES string of the molecule is Oc1ccc2c(O)cccc2c1[S+]1CCCC1. The molecule has 0 unspecified atom stereocenters. The van der Waals surface area contributed by atoms with Crippen molar-refractivity contribution in [1.82, 2.24) is 0 Å². The molecule has 1 aliphatic heterocycles. The van der Waals surface area contributed by atoms with Crippen LogP contribution in [0.1, 0.15) is 12.8 Å². The van der Waals surface area contributed by atoms with Crippen molar-refractivity contribution in [2.75, 3.05) is 11.5 Å². The highest BCUT2D eigenvalue weighted by atomic mass is 32.2. The fourth-order valence-corrected chi connectivity index (χ4v) is 5.03. The molecule has 1 heterocycles. The van der Waals surface area contributed by atoms with Crippen LogP contribution in [0.5, 0.6) is 11.5 Å². The lowest BCUT2D eigenvalue weighted by Gasteiger charge is -2.08. The van der Waals surface area contributed by atoms with Gasteiger partial charge in [0.2, 0.25) is 4.90 Å². The molecule has 1 fully saturated rings. The third kappa shape index (κ3) is 1.75. The van der Waals surface area contributed by atoms with Crippen LogP contribution in [-0.4, -0.2) is 21.7 Å². The summed E-state index contributed by atoms with van der Waals surface area (Å²) in [4.78, 5) is 1.05. The molecule has 0 saturated carbocycles. The van der Waals surface area contributed by atoms with E-state index in [1.165, 1.54) is 24.3 Å². The van der Waals surface area contributed by atoms with E-state index in [9.17, 15) is 10.2 Å². The number of fused-ring (bicyclic) bond motifs is 1. The van der Waals surface area contributed by atoms with Crippen molar-refractivity contribution in [1.29, 1.82) is 0 Å². The fourth-order valence-electron chi connectivity index (χ4n) is 2.46. The Balaban J connectivity index is 2.27. The van der Waals surface area contributed by atoms with Gasteiger partial charge in [-0.2, -0.15) is 0 Å². The predicted molar refractivity (Wildman–Crippen MR) is 71.9 cm³/mol.